The van der Waals surface area contributed by atoms with Gasteiger partial charge in [0.2, 0.25) is 0 Å². The largest absolute Gasteiger partial charge is 0.508 e. The number of aromatic hydroxyl groups is 5. The van der Waals surface area contributed by atoms with Gasteiger partial charge in [0.05, 0.1) is 39.1 Å². The lowest BCUT2D eigenvalue weighted by molar-refractivity contribution is -0.147. The van der Waals surface area contributed by atoms with Crippen LogP contribution in [0.15, 0.2) is 72.9 Å². The Balaban J connectivity index is 0.000000288. The minimum Gasteiger partial charge on any atom is -0.508 e. The number of hydrogen-bond acceptors (Lipinski definition) is 11. The van der Waals surface area contributed by atoms with Gasteiger partial charge in [0.1, 0.15) is 34.5 Å². The van der Waals surface area contributed by atoms with Gasteiger partial charge < -0.3 is 44.8 Å². The number of unbranched alkanes of at least 4 members (excludes halogenated alkanes) is 9. The molecule has 0 heterocycles. The fraction of sp³-hybridized carbons (Fsp3) is 0.654. The van der Waals surface area contributed by atoms with E-state index in [2.05, 4.69) is 88.1 Å². The van der Waals surface area contributed by atoms with E-state index in [1.807, 2.05) is 39.0 Å². The van der Waals surface area contributed by atoms with Crippen molar-refractivity contribution in [3.63, 3.8) is 0 Å². The predicted octanol–water partition coefficient (Wildman–Crippen LogP) is 20.0. The molecule has 0 bridgehead atoms. The van der Waals surface area contributed by atoms with Crippen LogP contribution < -0.4 is 4.74 Å². The molecule has 504 valence electrons. The third-order valence-electron chi connectivity index (χ3n) is 20.9. The van der Waals surface area contributed by atoms with Gasteiger partial charge in [-0.05, 0) is 203 Å². The van der Waals surface area contributed by atoms with E-state index in [1.54, 1.807) is 19.2 Å². The number of carbonyl (C=O) groups is 3. The zero-order valence-corrected chi connectivity index (χ0v) is 58.4. The number of esters is 2. The van der Waals surface area contributed by atoms with E-state index in [0.717, 1.165) is 96.8 Å². The summed E-state index contributed by atoms with van der Waals surface area (Å²) in [4.78, 5) is 36.0. The molecule has 0 radical (unpaired) electrons. The fourth-order valence-electron chi connectivity index (χ4n) is 15.0. The van der Waals surface area contributed by atoms with Crippen molar-refractivity contribution < 1.29 is 59.2 Å². The Morgan fingerprint density at radius 1 is 0.433 bits per heavy atom. The normalized spacial score (nSPS) is 22.0. The first kappa shape index (κ1) is 76.5. The number of phenols is 5. The summed E-state index contributed by atoms with van der Waals surface area (Å²) < 4.78 is 15.8. The summed E-state index contributed by atoms with van der Waals surface area (Å²) in [6.07, 6.45) is 23.5. The highest BCUT2D eigenvalue weighted by Gasteiger charge is 2.42. The topological polar surface area (TPSA) is 200 Å². The third-order valence-corrected chi connectivity index (χ3v) is 20.9. The lowest BCUT2D eigenvalue weighted by Crippen LogP contribution is -2.29. The maximum absolute atomic E-state index is 12.3. The summed E-state index contributed by atoms with van der Waals surface area (Å²) in [6, 6.07) is 11.2. The monoisotopic (exact) mass is 1250 g/mol. The molecular formula is C78H120O12. The minimum absolute atomic E-state index is 0.0213. The van der Waals surface area contributed by atoms with Crippen molar-refractivity contribution in [3.05, 3.63) is 106 Å². The van der Waals surface area contributed by atoms with Crippen molar-refractivity contribution in [2.24, 2.45) is 35.5 Å². The summed E-state index contributed by atoms with van der Waals surface area (Å²) in [6.45, 7) is 38.1. The first-order valence-corrected chi connectivity index (χ1v) is 34.2. The summed E-state index contributed by atoms with van der Waals surface area (Å²) >= 11 is 0. The highest BCUT2D eigenvalue weighted by molar-refractivity contribution is 5.73. The zero-order chi connectivity index (χ0) is 67.4. The lowest BCUT2D eigenvalue weighted by atomic mass is 9.68. The molecule has 3 fully saturated rings. The number of carbonyl (C=O) groups excluding carboxylic acids is 2. The van der Waals surface area contributed by atoms with Crippen molar-refractivity contribution in [1.29, 1.82) is 0 Å². The van der Waals surface area contributed by atoms with Crippen LogP contribution in [-0.4, -0.2) is 69.9 Å². The average molecular weight is 1250 g/mol. The molecule has 90 heavy (non-hydrogen) atoms. The number of allylic oxidation sites excluding steroid dienone is 3. The summed E-state index contributed by atoms with van der Waals surface area (Å²) in [5.74, 6) is -0.697. The van der Waals surface area contributed by atoms with Gasteiger partial charge in [0.15, 0.2) is 0 Å². The summed E-state index contributed by atoms with van der Waals surface area (Å²) in [7, 11) is 4.51. The number of benzene rings is 3. The molecule has 3 aromatic carbocycles. The number of carboxylic acids is 1. The average Bonchev–Trinajstić information content (AvgIpc) is 0.808. The smallest absolute Gasteiger partial charge is 0.308 e. The van der Waals surface area contributed by atoms with Gasteiger partial charge in [-0.1, -0.05) is 176 Å². The van der Waals surface area contributed by atoms with Gasteiger partial charge in [0.25, 0.3) is 0 Å². The van der Waals surface area contributed by atoms with Crippen LogP contribution in [0.2, 0.25) is 0 Å². The van der Waals surface area contributed by atoms with E-state index in [0.29, 0.717) is 49.0 Å². The van der Waals surface area contributed by atoms with Gasteiger partial charge in [-0.25, -0.2) is 0 Å². The van der Waals surface area contributed by atoms with E-state index >= 15 is 0 Å². The van der Waals surface area contributed by atoms with Gasteiger partial charge in [-0.3, -0.25) is 14.4 Å². The molecule has 3 aromatic rings. The molecule has 0 amide bonds. The number of carboxylic acid groups (broad SMARTS) is 1. The second-order valence-corrected chi connectivity index (χ2v) is 29.1. The Bertz CT molecular complexity index is 2810. The van der Waals surface area contributed by atoms with Crippen LogP contribution in [0.1, 0.15) is 288 Å². The Morgan fingerprint density at radius 2 is 0.711 bits per heavy atom. The number of ether oxygens (including phenoxy) is 3. The molecule has 6 rings (SSSR count). The van der Waals surface area contributed by atoms with Crippen LogP contribution >= 0.6 is 0 Å². The Morgan fingerprint density at radius 3 is 0.989 bits per heavy atom. The molecule has 3 aliphatic rings. The molecule has 12 nitrogen and oxygen atoms in total. The van der Waals surface area contributed by atoms with Gasteiger partial charge >= 0.3 is 17.9 Å². The SMILES string of the molecule is C=C(C)[C@@H]1CC[C@@H](C(=O)O)C[C@H]1c1c(O)cc(C(C)(C)CCCCCC)cc1O.C=C(C)[C@@H]1CC[C@@H](C(=O)OC)C[C@H]1c1c(O)cc(C(C)(C)CCCCCC)cc1O.C=C(C)[C@@H]1CC[C@@H](C(=O)OC)C[C@H]1c1c(O)cc(C(C)(C)CCCCCC)cc1OC. The predicted molar refractivity (Wildman–Crippen MR) is 366 cm³/mol. The Labute approximate surface area is 543 Å². The molecular weight excluding hydrogens is 1130 g/mol. The Kier molecular flexibility index (Phi) is 30.0. The van der Waals surface area contributed by atoms with Crippen molar-refractivity contribution in [1.82, 2.24) is 0 Å². The van der Waals surface area contributed by atoms with Gasteiger partial charge in [0, 0.05) is 16.7 Å². The van der Waals surface area contributed by atoms with Gasteiger partial charge in [-0.15, -0.1) is 0 Å². The van der Waals surface area contributed by atoms with E-state index in [9.17, 15) is 45.0 Å². The number of hydrogen-bond donors (Lipinski definition) is 6. The quantitative estimate of drug-likeness (QED) is 0.0229. The number of phenolic OH excluding ortho intramolecular Hbond substituents is 5. The van der Waals surface area contributed by atoms with Crippen LogP contribution in [0.4, 0.5) is 0 Å². The zero-order valence-electron chi connectivity index (χ0n) is 58.4. The molecule has 0 spiro atoms. The van der Waals surface area contributed by atoms with Crippen LogP contribution in [0.5, 0.6) is 34.5 Å². The lowest BCUT2D eigenvalue weighted by Gasteiger charge is -2.37. The van der Waals surface area contributed by atoms with E-state index in [1.165, 1.54) is 78.4 Å². The van der Waals surface area contributed by atoms with Crippen LogP contribution in [0.25, 0.3) is 0 Å². The van der Waals surface area contributed by atoms with Crippen molar-refractivity contribution in [2.75, 3.05) is 21.3 Å². The first-order valence-electron chi connectivity index (χ1n) is 34.2. The third kappa shape index (κ3) is 20.5. The molecule has 3 aliphatic carbocycles. The maximum Gasteiger partial charge on any atom is 0.308 e. The van der Waals surface area contributed by atoms with E-state index in [-0.39, 0.29) is 104 Å². The molecule has 0 saturated heterocycles. The fourth-order valence-corrected chi connectivity index (χ4v) is 15.0. The molecule has 0 aromatic heterocycles. The first-order chi connectivity index (χ1) is 42.4. The molecule has 6 N–H and O–H groups in total. The van der Waals surface area contributed by atoms with Crippen molar-refractivity contribution in [3.8, 4) is 34.5 Å². The Hall–Kier alpha value is -5.91. The van der Waals surface area contributed by atoms with Crippen molar-refractivity contribution >= 4 is 17.9 Å². The van der Waals surface area contributed by atoms with E-state index < -0.39 is 11.9 Å². The molecule has 0 aliphatic heterocycles. The van der Waals surface area contributed by atoms with Crippen molar-refractivity contribution in [2.45, 2.75) is 271 Å². The van der Waals surface area contributed by atoms with Gasteiger partial charge in [-0.2, -0.15) is 0 Å². The van der Waals surface area contributed by atoms with E-state index in [4.69, 9.17) is 14.2 Å². The number of methoxy groups -OCH3 is 3. The second kappa shape index (κ2) is 35.2. The summed E-state index contributed by atoms with van der Waals surface area (Å²) in [5, 5.41) is 64.4. The van der Waals surface area contributed by atoms with Crippen LogP contribution in [0, 0.1) is 35.5 Å². The summed E-state index contributed by atoms with van der Waals surface area (Å²) in [5.41, 5.74) is 7.53. The van der Waals surface area contributed by atoms with Crippen LogP contribution in [0.3, 0.4) is 0 Å². The molecule has 12 heteroatoms. The second-order valence-electron chi connectivity index (χ2n) is 29.1. The number of aliphatic carboxylic acids is 1. The molecule has 9 atom stereocenters. The molecule has 0 unspecified atom stereocenters. The molecule has 3 saturated carbocycles. The standard InChI is InChI=1S/C27H42O4.C26H40O4.C25H38O4/c1-8-9-10-11-14-27(4,5)20-16-23(28)25(24(17-20)30-6)22-15-19(26(29)31-7)12-13-21(22)18(2)3;1-7-8-9-10-13-26(4,5)19-15-22(27)24(23(28)16-19)21-14-18(25(29)30-6)11-12-20(21)17(2)3;1-6-7-8-9-12-25(4,5)18-14-21(26)23(22(27)15-18)20-13-17(24(28)29)10-11-19(20)16(2)3/h16-17,19,21-22,28H,2,8-15H2,1,3-7H3;15-16,18,20-21,27-28H,2,7-14H2,1,3-6H3;14-15,17,19-20,26-27H,2,6-13H2,1,3-5H3,(H,28,29)/t19-,21+,22-;18-,20+,21-;17-,19+,20-/m111/s1. The maximum atomic E-state index is 12.3. The van der Waals surface area contributed by atoms with Crippen LogP contribution in [-0.2, 0) is 40.1 Å². The minimum atomic E-state index is -0.807. The highest BCUT2D eigenvalue weighted by Crippen LogP contribution is 2.54. The highest BCUT2D eigenvalue weighted by atomic mass is 16.5. The number of rotatable bonds is 28.